The summed E-state index contributed by atoms with van der Waals surface area (Å²) >= 11 is 18.0. The Morgan fingerprint density at radius 2 is 1.30 bits per heavy atom. The van der Waals surface area contributed by atoms with E-state index in [9.17, 15) is 0 Å². The highest BCUT2D eigenvalue weighted by atomic mass is 35.5. The molecule has 0 saturated carbocycles. The Balaban J connectivity index is 1.55. The minimum absolute atomic E-state index is 0.483. The van der Waals surface area contributed by atoms with Gasteiger partial charge in [-0.25, -0.2) is 0 Å². The smallest absolute Gasteiger partial charge is 0.124 e. The first-order chi connectivity index (χ1) is 13.1. The van der Waals surface area contributed by atoms with Crippen molar-refractivity contribution in [2.75, 3.05) is 6.54 Å². The third-order valence-corrected chi connectivity index (χ3v) is 4.89. The second-order valence-electron chi connectivity index (χ2n) is 6.22. The molecule has 3 rings (SSSR count). The predicted molar refractivity (Wildman–Crippen MR) is 114 cm³/mol. The molecule has 0 bridgehead atoms. The lowest BCUT2D eigenvalue weighted by Crippen LogP contribution is -2.17. The van der Waals surface area contributed by atoms with Crippen LogP contribution in [0.25, 0.3) is 0 Å². The summed E-state index contributed by atoms with van der Waals surface area (Å²) in [4.78, 5) is 0. The molecular formula is C22H20Cl3NO. The molecule has 0 saturated heterocycles. The van der Waals surface area contributed by atoms with Crippen LogP contribution in [0.3, 0.4) is 0 Å². The molecule has 0 radical (unpaired) electrons. The van der Waals surface area contributed by atoms with Gasteiger partial charge in [0.15, 0.2) is 0 Å². The Labute approximate surface area is 175 Å². The number of ether oxygens (including phenoxy) is 1. The van der Waals surface area contributed by atoms with Crippen molar-refractivity contribution in [2.24, 2.45) is 0 Å². The van der Waals surface area contributed by atoms with E-state index in [-0.39, 0.29) is 0 Å². The summed E-state index contributed by atoms with van der Waals surface area (Å²) in [5.41, 5.74) is 3.35. The van der Waals surface area contributed by atoms with Gasteiger partial charge >= 0.3 is 0 Å². The summed E-state index contributed by atoms with van der Waals surface area (Å²) < 4.78 is 5.99. The second-order valence-corrected chi connectivity index (χ2v) is 7.53. The first-order valence-electron chi connectivity index (χ1n) is 8.71. The van der Waals surface area contributed by atoms with Crippen LogP contribution in [-0.4, -0.2) is 6.54 Å². The van der Waals surface area contributed by atoms with Crippen molar-refractivity contribution in [3.8, 4) is 5.75 Å². The van der Waals surface area contributed by atoms with Gasteiger partial charge in [-0.05, 0) is 66.6 Å². The summed E-state index contributed by atoms with van der Waals surface area (Å²) in [7, 11) is 0. The zero-order valence-electron chi connectivity index (χ0n) is 14.7. The molecule has 140 valence electrons. The van der Waals surface area contributed by atoms with Gasteiger partial charge in [0, 0.05) is 27.2 Å². The van der Waals surface area contributed by atoms with Crippen LogP contribution in [0.5, 0.6) is 5.75 Å². The van der Waals surface area contributed by atoms with E-state index >= 15 is 0 Å². The largest absolute Gasteiger partial charge is 0.489 e. The molecule has 0 heterocycles. The van der Waals surface area contributed by atoms with E-state index < -0.39 is 0 Å². The molecule has 0 unspecified atom stereocenters. The van der Waals surface area contributed by atoms with Crippen molar-refractivity contribution in [3.63, 3.8) is 0 Å². The van der Waals surface area contributed by atoms with Gasteiger partial charge in [-0.15, -0.1) is 0 Å². The van der Waals surface area contributed by atoms with Gasteiger partial charge in [-0.3, -0.25) is 0 Å². The first kappa shape index (κ1) is 20.0. The first-order valence-corrected chi connectivity index (χ1v) is 9.84. The SMILES string of the molecule is Clc1ccc(CCNCc2cc(Cl)ccc2OCc2ccc(Cl)cc2)cc1. The van der Waals surface area contributed by atoms with Gasteiger partial charge in [0.2, 0.25) is 0 Å². The quantitative estimate of drug-likeness (QED) is 0.417. The van der Waals surface area contributed by atoms with Crippen LogP contribution in [0, 0.1) is 0 Å². The molecule has 0 aliphatic carbocycles. The molecule has 0 spiro atoms. The zero-order valence-corrected chi connectivity index (χ0v) is 17.0. The molecule has 0 atom stereocenters. The standard InChI is InChI=1S/C22H20Cl3NO/c23-19-5-1-16(2-6-19)11-12-26-14-18-13-21(25)9-10-22(18)27-15-17-3-7-20(24)8-4-17/h1-10,13,26H,11-12,14-15H2. The van der Waals surface area contributed by atoms with Crippen LogP contribution in [0.4, 0.5) is 0 Å². The maximum atomic E-state index is 6.16. The lowest BCUT2D eigenvalue weighted by Gasteiger charge is -2.13. The Hall–Kier alpha value is -1.71. The number of rotatable bonds is 8. The molecule has 2 nitrogen and oxygen atoms in total. The minimum atomic E-state index is 0.483. The summed E-state index contributed by atoms with van der Waals surface area (Å²) in [5, 5.41) is 5.62. The topological polar surface area (TPSA) is 21.3 Å². The Bertz CT molecular complexity index is 864. The Kier molecular flexibility index (Phi) is 7.42. The van der Waals surface area contributed by atoms with Crippen molar-refractivity contribution in [1.82, 2.24) is 5.32 Å². The van der Waals surface area contributed by atoms with Crippen LogP contribution in [0.15, 0.2) is 66.7 Å². The van der Waals surface area contributed by atoms with E-state index in [1.54, 1.807) is 0 Å². The Morgan fingerprint density at radius 3 is 1.96 bits per heavy atom. The fourth-order valence-corrected chi connectivity index (χ4v) is 3.12. The third kappa shape index (κ3) is 6.44. The van der Waals surface area contributed by atoms with Crippen molar-refractivity contribution in [3.05, 3.63) is 98.5 Å². The van der Waals surface area contributed by atoms with E-state index in [4.69, 9.17) is 39.5 Å². The zero-order chi connectivity index (χ0) is 19.1. The maximum absolute atomic E-state index is 6.16. The molecule has 3 aromatic carbocycles. The molecule has 0 fully saturated rings. The highest BCUT2D eigenvalue weighted by Gasteiger charge is 2.06. The van der Waals surface area contributed by atoms with Gasteiger partial charge in [0.1, 0.15) is 12.4 Å². The number of nitrogens with one attached hydrogen (secondary N) is 1. The van der Waals surface area contributed by atoms with Crippen LogP contribution in [-0.2, 0) is 19.6 Å². The van der Waals surface area contributed by atoms with Crippen LogP contribution in [0.2, 0.25) is 15.1 Å². The molecule has 27 heavy (non-hydrogen) atoms. The molecule has 0 aromatic heterocycles. The molecule has 3 aromatic rings. The van der Waals surface area contributed by atoms with Crippen LogP contribution >= 0.6 is 34.8 Å². The second kappa shape index (κ2) is 10.0. The van der Waals surface area contributed by atoms with Gasteiger partial charge in [0.05, 0.1) is 0 Å². The van der Waals surface area contributed by atoms with Crippen LogP contribution in [0.1, 0.15) is 16.7 Å². The minimum Gasteiger partial charge on any atom is -0.489 e. The third-order valence-electron chi connectivity index (χ3n) is 4.15. The number of benzene rings is 3. The molecule has 0 aliphatic heterocycles. The lowest BCUT2D eigenvalue weighted by molar-refractivity contribution is 0.302. The summed E-state index contributed by atoms with van der Waals surface area (Å²) in [6, 6.07) is 21.3. The van der Waals surface area contributed by atoms with Crippen LogP contribution < -0.4 is 10.1 Å². The molecule has 1 N–H and O–H groups in total. The van der Waals surface area contributed by atoms with E-state index in [0.717, 1.165) is 39.9 Å². The van der Waals surface area contributed by atoms with Gasteiger partial charge in [-0.1, -0.05) is 59.1 Å². The normalized spacial score (nSPS) is 10.8. The number of hydrogen-bond donors (Lipinski definition) is 1. The van der Waals surface area contributed by atoms with Crippen molar-refractivity contribution in [1.29, 1.82) is 0 Å². The average molecular weight is 421 g/mol. The Morgan fingerprint density at radius 1 is 0.704 bits per heavy atom. The average Bonchev–Trinajstić information content (AvgIpc) is 2.67. The van der Waals surface area contributed by atoms with Gasteiger partial charge < -0.3 is 10.1 Å². The monoisotopic (exact) mass is 419 g/mol. The van der Waals surface area contributed by atoms with E-state index in [1.165, 1.54) is 5.56 Å². The number of hydrogen-bond acceptors (Lipinski definition) is 2. The highest BCUT2D eigenvalue weighted by Crippen LogP contribution is 2.24. The summed E-state index contributed by atoms with van der Waals surface area (Å²) in [6.45, 7) is 2.02. The van der Waals surface area contributed by atoms with E-state index in [2.05, 4.69) is 5.32 Å². The van der Waals surface area contributed by atoms with Gasteiger partial charge in [0.25, 0.3) is 0 Å². The lowest BCUT2D eigenvalue weighted by atomic mass is 10.1. The molecule has 0 aliphatic rings. The number of halogens is 3. The molecular weight excluding hydrogens is 401 g/mol. The van der Waals surface area contributed by atoms with E-state index in [1.807, 2.05) is 66.7 Å². The highest BCUT2D eigenvalue weighted by molar-refractivity contribution is 6.31. The fourth-order valence-electron chi connectivity index (χ4n) is 2.68. The fraction of sp³-hybridized carbons (Fsp3) is 0.182. The van der Waals surface area contributed by atoms with Crippen molar-refractivity contribution >= 4 is 34.8 Å². The molecule has 0 amide bonds. The predicted octanol–water partition coefficient (Wildman–Crippen LogP) is 6.56. The van der Waals surface area contributed by atoms with E-state index in [0.29, 0.717) is 18.2 Å². The van der Waals surface area contributed by atoms with Crippen molar-refractivity contribution in [2.45, 2.75) is 19.6 Å². The van der Waals surface area contributed by atoms with Crippen molar-refractivity contribution < 1.29 is 4.74 Å². The maximum Gasteiger partial charge on any atom is 0.124 e. The summed E-state index contributed by atoms with van der Waals surface area (Å²) in [6.07, 6.45) is 0.929. The summed E-state index contributed by atoms with van der Waals surface area (Å²) in [5.74, 6) is 0.827. The van der Waals surface area contributed by atoms with Gasteiger partial charge in [-0.2, -0.15) is 0 Å². The molecule has 5 heteroatoms.